The van der Waals surface area contributed by atoms with Gasteiger partial charge < -0.3 is 35.2 Å². The maximum atomic E-state index is 14.0. The van der Waals surface area contributed by atoms with Crippen LogP contribution in [0.25, 0.3) is 11.5 Å². The fraction of sp³-hybridized carbons (Fsp3) is 0.440. The molecule has 5 rings (SSSR count). The van der Waals surface area contributed by atoms with Crippen molar-refractivity contribution < 1.29 is 34.2 Å². The summed E-state index contributed by atoms with van der Waals surface area (Å²) in [5.74, 6) is -2.39. The summed E-state index contributed by atoms with van der Waals surface area (Å²) in [5.41, 5.74) is 5.77. The number of ether oxygens (including phenoxy) is 1. The molecule has 0 spiro atoms. The third-order valence-electron chi connectivity index (χ3n) is 7.73. The molecule has 11 nitrogen and oxygen atoms in total. The molecule has 1 amide bonds. The second kappa shape index (κ2) is 8.09. The van der Waals surface area contributed by atoms with Gasteiger partial charge in [0.1, 0.15) is 22.9 Å². The van der Waals surface area contributed by atoms with Gasteiger partial charge in [-0.15, -0.1) is 0 Å². The van der Waals surface area contributed by atoms with Crippen molar-refractivity contribution in [2.45, 2.75) is 38.2 Å². The molecule has 3 aliphatic rings. The van der Waals surface area contributed by atoms with Crippen molar-refractivity contribution in [3.8, 4) is 17.2 Å². The Bertz CT molecular complexity index is 1370. The number of aryl methyl sites for hydroxylation is 1. The SMILES string of the molecule is CO[C@@]12CC(C(N)=O)=C(O)C[C@@H]1C[C@@H]1Cc3c(N(C)C)cc(-c4nc(C)no4)c(O)c3C(=O)C1=C2O. The number of rotatable bonds is 4. The van der Waals surface area contributed by atoms with E-state index >= 15 is 0 Å². The van der Waals surface area contributed by atoms with E-state index in [4.69, 9.17) is 15.0 Å². The summed E-state index contributed by atoms with van der Waals surface area (Å²) in [6, 6.07) is 1.71. The van der Waals surface area contributed by atoms with Crippen molar-refractivity contribution in [2.24, 2.45) is 17.6 Å². The molecule has 0 unspecified atom stereocenters. The quantitative estimate of drug-likeness (QED) is 0.492. The van der Waals surface area contributed by atoms with Crippen LogP contribution in [-0.4, -0.2) is 64.0 Å². The summed E-state index contributed by atoms with van der Waals surface area (Å²) in [5, 5.41) is 37.0. The number of phenolic OH excluding ortho intramolecular Hbond substituents is 1. The van der Waals surface area contributed by atoms with Crippen LogP contribution in [0.2, 0.25) is 0 Å². The molecule has 5 N–H and O–H groups in total. The fourth-order valence-corrected chi connectivity index (χ4v) is 6.01. The molecule has 0 fully saturated rings. The number of nitrogens with zero attached hydrogens (tertiary/aromatic N) is 3. The second-order valence-electron chi connectivity index (χ2n) is 9.88. The zero-order valence-corrected chi connectivity index (χ0v) is 20.5. The van der Waals surface area contributed by atoms with Crippen molar-refractivity contribution >= 4 is 17.4 Å². The lowest BCUT2D eigenvalue weighted by Gasteiger charge is -2.49. The van der Waals surface area contributed by atoms with E-state index in [2.05, 4.69) is 10.1 Å². The summed E-state index contributed by atoms with van der Waals surface area (Å²) in [6.07, 6.45) is 0.719. The van der Waals surface area contributed by atoms with Crippen molar-refractivity contribution in [1.82, 2.24) is 10.1 Å². The van der Waals surface area contributed by atoms with Crippen LogP contribution in [0.15, 0.2) is 33.3 Å². The molecule has 0 saturated heterocycles. The molecule has 3 atom stereocenters. The van der Waals surface area contributed by atoms with Gasteiger partial charge >= 0.3 is 0 Å². The van der Waals surface area contributed by atoms with E-state index in [-0.39, 0.29) is 70.1 Å². The predicted octanol–water partition coefficient (Wildman–Crippen LogP) is 2.48. The Labute approximate surface area is 206 Å². The number of fused-ring (bicyclic) bond motifs is 3. The molecule has 3 aliphatic carbocycles. The van der Waals surface area contributed by atoms with Gasteiger partial charge in [0.2, 0.25) is 5.91 Å². The number of Topliss-reactive ketones (excluding diaryl/α,β-unsaturated/α-hetero) is 1. The number of allylic oxidation sites excluding steroid dienone is 2. The molecular formula is C25H28N4O7. The summed E-state index contributed by atoms with van der Waals surface area (Å²) in [6.45, 7) is 1.65. The first kappa shape index (κ1) is 23.9. The Morgan fingerprint density at radius 3 is 2.58 bits per heavy atom. The van der Waals surface area contributed by atoms with Gasteiger partial charge in [-0.3, -0.25) is 9.59 Å². The van der Waals surface area contributed by atoms with Crippen LogP contribution in [0, 0.1) is 18.8 Å². The number of hydrogen-bond acceptors (Lipinski definition) is 10. The van der Waals surface area contributed by atoms with E-state index < -0.39 is 17.3 Å². The lowest BCUT2D eigenvalue weighted by molar-refractivity contribution is -0.118. The van der Waals surface area contributed by atoms with Gasteiger partial charge in [0.15, 0.2) is 11.6 Å². The van der Waals surface area contributed by atoms with Crippen LogP contribution >= 0.6 is 0 Å². The molecule has 0 bridgehead atoms. The molecule has 0 radical (unpaired) electrons. The van der Waals surface area contributed by atoms with Crippen LogP contribution in [-0.2, 0) is 16.0 Å². The first-order valence-corrected chi connectivity index (χ1v) is 11.6. The van der Waals surface area contributed by atoms with Crippen molar-refractivity contribution in [3.63, 3.8) is 0 Å². The zero-order valence-electron chi connectivity index (χ0n) is 20.5. The average Bonchev–Trinajstić information content (AvgIpc) is 3.24. The number of ketones is 1. The number of carbonyl (C=O) groups is 2. The van der Waals surface area contributed by atoms with E-state index in [1.165, 1.54) is 7.11 Å². The van der Waals surface area contributed by atoms with Crippen molar-refractivity contribution in [1.29, 1.82) is 0 Å². The Morgan fingerprint density at radius 2 is 2.00 bits per heavy atom. The van der Waals surface area contributed by atoms with Gasteiger partial charge in [-0.2, -0.15) is 4.98 Å². The number of aromatic hydroxyl groups is 1. The first-order chi connectivity index (χ1) is 17.0. The van der Waals surface area contributed by atoms with E-state index in [1.807, 2.05) is 19.0 Å². The number of aliphatic hydroxyl groups is 2. The summed E-state index contributed by atoms with van der Waals surface area (Å²) < 4.78 is 11.0. The molecule has 1 aromatic heterocycles. The minimum absolute atomic E-state index is 0.0332. The Morgan fingerprint density at radius 1 is 1.28 bits per heavy atom. The van der Waals surface area contributed by atoms with Gasteiger partial charge in [0, 0.05) is 51.2 Å². The number of amides is 1. The number of anilines is 1. The monoisotopic (exact) mass is 496 g/mol. The van der Waals surface area contributed by atoms with Crippen LogP contribution in [0.1, 0.15) is 41.0 Å². The number of methoxy groups -OCH3 is 1. The van der Waals surface area contributed by atoms with Gasteiger partial charge in [0.25, 0.3) is 5.89 Å². The minimum atomic E-state index is -1.39. The molecule has 0 aliphatic heterocycles. The molecule has 2 aromatic rings. The number of phenols is 1. The summed E-state index contributed by atoms with van der Waals surface area (Å²) >= 11 is 0. The number of primary amides is 1. The number of aromatic nitrogens is 2. The Kier molecular flexibility index (Phi) is 5.36. The summed E-state index contributed by atoms with van der Waals surface area (Å²) in [4.78, 5) is 32.0. The number of carbonyl (C=O) groups excluding carboxylic acids is 2. The van der Waals surface area contributed by atoms with E-state index in [1.54, 1.807) is 13.0 Å². The van der Waals surface area contributed by atoms with Gasteiger partial charge in [-0.25, -0.2) is 0 Å². The normalized spacial score (nSPS) is 25.4. The number of nitrogens with two attached hydrogens (primary N) is 1. The molecule has 190 valence electrons. The number of aliphatic hydroxyl groups excluding tert-OH is 2. The van der Waals surface area contributed by atoms with Crippen LogP contribution in [0.4, 0.5) is 5.69 Å². The van der Waals surface area contributed by atoms with Crippen LogP contribution in [0.3, 0.4) is 0 Å². The standard InChI is InChI=1S/C25H28N4O7/c1-10-27-24(36-28-10)14-8-16(29(2)3)13-6-11-5-12-7-17(30)15(23(26)34)9-25(12,35-4)22(33)18(11)21(32)19(13)20(14)31/h8,11-12,30-31,33H,5-7,9H2,1-4H3,(H2,26,34)/t11-,12+,25+/m1/s1. The number of hydrogen-bond donors (Lipinski definition) is 4. The smallest absolute Gasteiger partial charge is 0.261 e. The van der Waals surface area contributed by atoms with Crippen molar-refractivity contribution in [3.05, 3.63) is 45.7 Å². The maximum Gasteiger partial charge on any atom is 0.261 e. The zero-order chi connectivity index (χ0) is 26.1. The molecule has 1 aromatic carbocycles. The largest absolute Gasteiger partial charge is 0.512 e. The van der Waals surface area contributed by atoms with Crippen LogP contribution < -0.4 is 10.6 Å². The molecular weight excluding hydrogens is 468 g/mol. The topological polar surface area (TPSA) is 172 Å². The Balaban J connectivity index is 1.72. The third kappa shape index (κ3) is 3.22. The highest BCUT2D eigenvalue weighted by atomic mass is 16.5. The number of benzene rings is 1. The van der Waals surface area contributed by atoms with Crippen molar-refractivity contribution in [2.75, 3.05) is 26.1 Å². The molecule has 36 heavy (non-hydrogen) atoms. The minimum Gasteiger partial charge on any atom is -0.512 e. The highest BCUT2D eigenvalue weighted by Crippen LogP contribution is 2.55. The molecule has 1 heterocycles. The van der Waals surface area contributed by atoms with Gasteiger partial charge in [-0.1, -0.05) is 5.16 Å². The Hall–Kier alpha value is -3.86. The predicted molar refractivity (Wildman–Crippen MR) is 128 cm³/mol. The average molecular weight is 497 g/mol. The highest BCUT2D eigenvalue weighted by molar-refractivity contribution is 6.15. The van der Waals surface area contributed by atoms with E-state index in [0.29, 0.717) is 29.9 Å². The lowest BCUT2D eigenvalue weighted by Crippen LogP contribution is -2.52. The molecule has 0 saturated carbocycles. The van der Waals surface area contributed by atoms with E-state index in [0.717, 1.165) is 0 Å². The fourth-order valence-electron chi connectivity index (χ4n) is 6.01. The molecule has 11 heteroatoms. The van der Waals surface area contributed by atoms with Gasteiger partial charge in [-0.05, 0) is 37.3 Å². The van der Waals surface area contributed by atoms with E-state index in [9.17, 15) is 24.9 Å². The summed E-state index contributed by atoms with van der Waals surface area (Å²) in [7, 11) is 5.05. The lowest BCUT2D eigenvalue weighted by atomic mass is 9.60. The third-order valence-corrected chi connectivity index (χ3v) is 7.73. The maximum absolute atomic E-state index is 14.0. The van der Waals surface area contributed by atoms with Crippen LogP contribution in [0.5, 0.6) is 5.75 Å². The highest BCUT2D eigenvalue weighted by Gasteiger charge is 2.56. The first-order valence-electron chi connectivity index (χ1n) is 11.6. The second-order valence-corrected chi connectivity index (χ2v) is 9.88. The van der Waals surface area contributed by atoms with Gasteiger partial charge in [0.05, 0.1) is 16.7 Å².